The molecule has 0 aliphatic heterocycles. The first kappa shape index (κ1) is 21.6. The summed E-state index contributed by atoms with van der Waals surface area (Å²) in [7, 11) is -8.95. The highest BCUT2D eigenvalue weighted by Gasteiger charge is 2.31. The van der Waals surface area contributed by atoms with E-state index >= 15 is 0 Å². The molecular weight excluding hydrogens is 404 g/mol. The molecule has 28 heavy (non-hydrogen) atoms. The lowest BCUT2D eigenvalue weighted by Gasteiger charge is -2.14. The normalized spacial score (nSPS) is 12.1. The van der Waals surface area contributed by atoms with Crippen LogP contribution in [0.15, 0.2) is 57.2 Å². The zero-order valence-corrected chi connectivity index (χ0v) is 16.6. The minimum atomic E-state index is -4.57. The van der Waals surface area contributed by atoms with Crippen LogP contribution in [0.25, 0.3) is 0 Å². The van der Waals surface area contributed by atoms with E-state index in [2.05, 4.69) is 11.8 Å². The van der Waals surface area contributed by atoms with E-state index in [4.69, 9.17) is 10.9 Å². The number of amides is 1. The number of carbonyl (C=O) groups is 1. The van der Waals surface area contributed by atoms with E-state index in [9.17, 15) is 26.7 Å². The standard InChI is InChI=1S/C18H18N2O6S2/c1-18(2,22)11-10-12-6-5-7-13(17(19)21)16(12)27(23,24)14-8-3-4-9-15(14)28(20,25)26/h3-9,22H,1-2H3,(H2,19,21)(H2,20,25,26). The summed E-state index contributed by atoms with van der Waals surface area (Å²) < 4.78 is 50.3. The molecule has 2 aromatic rings. The average Bonchev–Trinajstić information content (AvgIpc) is 2.58. The van der Waals surface area contributed by atoms with E-state index in [-0.39, 0.29) is 11.1 Å². The van der Waals surface area contributed by atoms with Crippen LogP contribution in [0.5, 0.6) is 0 Å². The molecule has 148 valence electrons. The number of hydrogen-bond donors (Lipinski definition) is 3. The number of primary amides is 1. The second kappa shape index (κ2) is 7.37. The molecule has 0 unspecified atom stereocenters. The summed E-state index contributed by atoms with van der Waals surface area (Å²) in [6.07, 6.45) is 0. The number of sulfone groups is 1. The first-order valence-corrected chi connectivity index (χ1v) is 10.8. The number of benzene rings is 2. The molecule has 5 N–H and O–H groups in total. The Bertz CT molecular complexity index is 1210. The monoisotopic (exact) mass is 422 g/mol. The molecular formula is C18H18N2O6S2. The van der Waals surface area contributed by atoms with Gasteiger partial charge in [-0.25, -0.2) is 22.0 Å². The summed E-state index contributed by atoms with van der Waals surface area (Å²) in [5.74, 6) is 3.93. The van der Waals surface area contributed by atoms with Crippen molar-refractivity contribution in [3.63, 3.8) is 0 Å². The van der Waals surface area contributed by atoms with Crippen LogP contribution in [0, 0.1) is 11.8 Å². The Balaban J connectivity index is 2.94. The highest BCUT2D eigenvalue weighted by molar-refractivity contribution is 7.93. The van der Waals surface area contributed by atoms with Gasteiger partial charge >= 0.3 is 0 Å². The van der Waals surface area contributed by atoms with Gasteiger partial charge in [-0.05, 0) is 38.1 Å². The Kier molecular flexibility index (Phi) is 5.68. The fourth-order valence-electron chi connectivity index (χ4n) is 2.36. The summed E-state index contributed by atoms with van der Waals surface area (Å²) in [4.78, 5) is 10.0. The maximum atomic E-state index is 13.3. The molecule has 0 radical (unpaired) electrons. The summed E-state index contributed by atoms with van der Waals surface area (Å²) >= 11 is 0. The van der Waals surface area contributed by atoms with Gasteiger partial charge in [-0.1, -0.05) is 30.0 Å². The Morgan fingerprint density at radius 3 is 2.07 bits per heavy atom. The van der Waals surface area contributed by atoms with Gasteiger partial charge in [-0.2, -0.15) is 0 Å². The van der Waals surface area contributed by atoms with Crippen molar-refractivity contribution >= 4 is 25.8 Å². The van der Waals surface area contributed by atoms with Gasteiger partial charge in [-0.3, -0.25) is 4.79 Å². The molecule has 1 amide bonds. The van der Waals surface area contributed by atoms with Crippen molar-refractivity contribution in [1.82, 2.24) is 0 Å². The molecule has 0 fully saturated rings. The van der Waals surface area contributed by atoms with Gasteiger partial charge in [0, 0.05) is 5.56 Å². The Morgan fingerprint density at radius 2 is 1.57 bits per heavy atom. The van der Waals surface area contributed by atoms with E-state index < -0.39 is 46.1 Å². The molecule has 8 nitrogen and oxygen atoms in total. The molecule has 0 aromatic heterocycles. The molecule has 0 saturated carbocycles. The third kappa shape index (κ3) is 4.58. The van der Waals surface area contributed by atoms with Crippen molar-refractivity contribution in [1.29, 1.82) is 0 Å². The number of sulfonamides is 1. The van der Waals surface area contributed by atoms with E-state index in [1.165, 1.54) is 44.2 Å². The SMILES string of the molecule is CC(C)(O)C#Cc1cccc(C(N)=O)c1S(=O)(=O)c1ccccc1S(N)(=O)=O. The van der Waals surface area contributed by atoms with Crippen molar-refractivity contribution in [2.75, 3.05) is 0 Å². The molecule has 0 bridgehead atoms. The van der Waals surface area contributed by atoms with Crippen LogP contribution in [-0.4, -0.2) is 33.5 Å². The highest BCUT2D eigenvalue weighted by Crippen LogP contribution is 2.31. The fourth-order valence-corrected chi connectivity index (χ4v) is 5.33. The van der Waals surface area contributed by atoms with Crippen molar-refractivity contribution in [2.24, 2.45) is 10.9 Å². The predicted octanol–water partition coefficient (Wildman–Crippen LogP) is 0.388. The van der Waals surface area contributed by atoms with Gasteiger partial charge < -0.3 is 10.8 Å². The first-order chi connectivity index (χ1) is 12.7. The maximum absolute atomic E-state index is 13.3. The topological polar surface area (TPSA) is 158 Å². The van der Waals surface area contributed by atoms with Crippen LogP contribution in [-0.2, 0) is 19.9 Å². The molecule has 10 heteroatoms. The lowest BCUT2D eigenvalue weighted by atomic mass is 10.1. The summed E-state index contributed by atoms with van der Waals surface area (Å²) in [5, 5.41) is 14.9. The third-order valence-corrected chi connectivity index (χ3v) is 6.51. The van der Waals surface area contributed by atoms with E-state index in [0.29, 0.717) is 0 Å². The van der Waals surface area contributed by atoms with Crippen molar-refractivity contribution in [2.45, 2.75) is 34.1 Å². The number of hydrogen-bond acceptors (Lipinski definition) is 6. The van der Waals surface area contributed by atoms with Gasteiger partial charge in [0.05, 0.1) is 10.5 Å². The molecule has 0 aliphatic rings. The molecule has 0 aliphatic carbocycles. The fraction of sp³-hybridized carbons (Fsp3) is 0.167. The maximum Gasteiger partial charge on any atom is 0.250 e. The zero-order valence-electron chi connectivity index (χ0n) is 15.0. The third-order valence-electron chi connectivity index (χ3n) is 3.50. The van der Waals surface area contributed by atoms with Gasteiger partial charge in [0.1, 0.15) is 15.4 Å². The summed E-state index contributed by atoms with van der Waals surface area (Å²) in [5.41, 5.74) is 3.39. The van der Waals surface area contributed by atoms with Gasteiger partial charge in [0.25, 0.3) is 0 Å². The number of carbonyl (C=O) groups excluding carboxylic acids is 1. The van der Waals surface area contributed by atoms with Crippen LogP contribution < -0.4 is 10.9 Å². The van der Waals surface area contributed by atoms with Gasteiger partial charge in [0.2, 0.25) is 25.8 Å². The zero-order chi connectivity index (χ0) is 21.3. The molecule has 0 saturated heterocycles. The smallest absolute Gasteiger partial charge is 0.250 e. The van der Waals surface area contributed by atoms with Gasteiger partial charge in [0.15, 0.2) is 0 Å². The van der Waals surface area contributed by atoms with Crippen molar-refractivity contribution < 1.29 is 26.7 Å². The second-order valence-electron chi connectivity index (χ2n) is 6.35. The summed E-state index contributed by atoms with van der Waals surface area (Å²) in [6.45, 7) is 2.78. The molecule has 0 atom stereocenters. The average molecular weight is 422 g/mol. The van der Waals surface area contributed by atoms with Crippen molar-refractivity contribution in [3.8, 4) is 11.8 Å². The molecule has 0 heterocycles. The number of nitrogens with two attached hydrogens (primary N) is 2. The lowest BCUT2D eigenvalue weighted by Crippen LogP contribution is -2.21. The first-order valence-electron chi connectivity index (χ1n) is 7.80. The number of rotatable bonds is 4. The minimum absolute atomic E-state index is 0.123. The number of aliphatic hydroxyl groups is 1. The van der Waals surface area contributed by atoms with Crippen LogP contribution in [0.1, 0.15) is 29.8 Å². The van der Waals surface area contributed by atoms with Crippen LogP contribution in [0.3, 0.4) is 0 Å². The number of primary sulfonamides is 1. The van der Waals surface area contributed by atoms with E-state index in [1.807, 2.05) is 0 Å². The Morgan fingerprint density at radius 1 is 1.00 bits per heavy atom. The second-order valence-corrected chi connectivity index (χ2v) is 9.74. The van der Waals surface area contributed by atoms with Crippen LogP contribution >= 0.6 is 0 Å². The molecule has 2 rings (SSSR count). The molecule has 2 aromatic carbocycles. The highest BCUT2D eigenvalue weighted by atomic mass is 32.2. The summed E-state index contributed by atoms with van der Waals surface area (Å²) in [6, 6.07) is 8.60. The molecule has 0 spiro atoms. The lowest BCUT2D eigenvalue weighted by molar-refractivity contribution is 0.0997. The van der Waals surface area contributed by atoms with E-state index in [0.717, 1.165) is 12.1 Å². The minimum Gasteiger partial charge on any atom is -0.378 e. The van der Waals surface area contributed by atoms with Crippen molar-refractivity contribution in [3.05, 3.63) is 53.6 Å². The van der Waals surface area contributed by atoms with Gasteiger partial charge in [-0.15, -0.1) is 0 Å². The Labute approximate surface area is 163 Å². The van der Waals surface area contributed by atoms with Crippen LogP contribution in [0.2, 0.25) is 0 Å². The predicted molar refractivity (Wildman–Crippen MR) is 101 cm³/mol. The quantitative estimate of drug-likeness (QED) is 0.605. The van der Waals surface area contributed by atoms with E-state index in [1.54, 1.807) is 0 Å². The largest absolute Gasteiger partial charge is 0.378 e. The Hall–Kier alpha value is -2.71. The van der Waals surface area contributed by atoms with Crippen LogP contribution in [0.4, 0.5) is 0 Å².